The second-order valence-electron chi connectivity index (χ2n) is 6.23. The molecule has 116 valence electrons. The number of pyridine rings is 1. The third-order valence-corrected chi connectivity index (χ3v) is 4.56. The largest absolute Gasteiger partial charge is 0.352 e. The summed E-state index contributed by atoms with van der Waals surface area (Å²) in [5.41, 5.74) is 2.88. The lowest BCUT2D eigenvalue weighted by molar-refractivity contribution is 0.316. The van der Waals surface area contributed by atoms with Gasteiger partial charge in [0.05, 0.1) is 0 Å². The van der Waals surface area contributed by atoms with Gasteiger partial charge >= 0.3 is 0 Å². The molecule has 4 heteroatoms. The van der Waals surface area contributed by atoms with E-state index in [9.17, 15) is 0 Å². The summed E-state index contributed by atoms with van der Waals surface area (Å²) in [6.45, 7) is 1.95. The maximum Gasteiger partial charge on any atom is 0.180 e. The molecule has 2 heterocycles. The van der Waals surface area contributed by atoms with Gasteiger partial charge in [0, 0.05) is 25.5 Å². The van der Waals surface area contributed by atoms with Crippen molar-refractivity contribution in [2.24, 2.45) is 5.92 Å². The summed E-state index contributed by atoms with van der Waals surface area (Å²) in [6.07, 6.45) is 7.43. The minimum Gasteiger partial charge on any atom is -0.352 e. The number of benzene rings is 1. The molecule has 0 saturated heterocycles. The molecule has 4 rings (SSSR count). The smallest absolute Gasteiger partial charge is 0.180 e. The fourth-order valence-electron chi connectivity index (χ4n) is 3.05. The maximum atomic E-state index is 4.74. The van der Waals surface area contributed by atoms with E-state index in [1.165, 1.54) is 24.8 Å². The van der Waals surface area contributed by atoms with Gasteiger partial charge in [0.25, 0.3) is 0 Å². The Morgan fingerprint density at radius 2 is 1.78 bits per heavy atom. The van der Waals surface area contributed by atoms with Crippen LogP contribution in [-0.2, 0) is 6.54 Å². The lowest BCUT2D eigenvalue weighted by Crippen LogP contribution is -2.32. The minimum absolute atomic E-state index is 0.719. The highest BCUT2D eigenvalue weighted by molar-refractivity contribution is 5.71. The fourth-order valence-corrected chi connectivity index (χ4v) is 3.05. The molecule has 1 aromatic carbocycles. The summed E-state index contributed by atoms with van der Waals surface area (Å²) in [7, 11) is 0. The normalized spacial score (nSPS) is 14.6. The van der Waals surface area contributed by atoms with Crippen LogP contribution in [0.1, 0.15) is 24.8 Å². The molecule has 1 aliphatic rings. The predicted octanol–water partition coefficient (Wildman–Crippen LogP) is 3.83. The topological polar surface area (TPSA) is 41.9 Å². The Kier molecular flexibility index (Phi) is 3.88. The van der Waals surface area contributed by atoms with Gasteiger partial charge in [-0.2, -0.15) is 0 Å². The number of hydrogen-bond acceptors (Lipinski definition) is 4. The first-order valence-electron chi connectivity index (χ1n) is 8.25. The molecule has 0 unspecified atom stereocenters. The molecule has 0 amide bonds. The Morgan fingerprint density at radius 1 is 0.957 bits per heavy atom. The van der Waals surface area contributed by atoms with Crippen molar-refractivity contribution in [2.45, 2.75) is 25.8 Å². The van der Waals surface area contributed by atoms with Crippen molar-refractivity contribution < 1.29 is 0 Å². The Morgan fingerprint density at radius 3 is 2.57 bits per heavy atom. The van der Waals surface area contributed by atoms with E-state index in [4.69, 9.17) is 4.98 Å². The zero-order valence-electron chi connectivity index (χ0n) is 13.1. The van der Waals surface area contributed by atoms with Crippen LogP contribution >= 0.6 is 0 Å². The van der Waals surface area contributed by atoms with Crippen LogP contribution in [-0.4, -0.2) is 21.5 Å². The standard InChI is InChI=1S/C19H20N4/c1-2-5-15(6-3-1)13-23(14-16-7-4-8-16)18-10-9-17-19(22-18)21-12-11-20-17/h1-3,5-6,9-12,16H,4,7-8,13-14H2. The van der Waals surface area contributed by atoms with Crippen LogP contribution < -0.4 is 4.90 Å². The van der Waals surface area contributed by atoms with Gasteiger partial charge in [-0.25, -0.2) is 9.97 Å². The average molecular weight is 304 g/mol. The van der Waals surface area contributed by atoms with E-state index in [0.29, 0.717) is 0 Å². The van der Waals surface area contributed by atoms with Crippen LogP contribution in [0.3, 0.4) is 0 Å². The van der Waals surface area contributed by atoms with Crippen LogP contribution in [0.5, 0.6) is 0 Å². The second kappa shape index (κ2) is 6.32. The molecule has 0 bridgehead atoms. The predicted molar refractivity (Wildman–Crippen MR) is 92.2 cm³/mol. The van der Waals surface area contributed by atoms with Crippen LogP contribution in [0.25, 0.3) is 11.2 Å². The summed E-state index contributed by atoms with van der Waals surface area (Å²) in [4.78, 5) is 15.8. The van der Waals surface area contributed by atoms with Crippen molar-refractivity contribution in [1.29, 1.82) is 0 Å². The van der Waals surface area contributed by atoms with Gasteiger partial charge < -0.3 is 4.90 Å². The molecule has 1 saturated carbocycles. The number of anilines is 1. The van der Waals surface area contributed by atoms with Gasteiger partial charge in [-0.05, 0) is 36.5 Å². The Hall–Kier alpha value is -2.49. The highest BCUT2D eigenvalue weighted by Crippen LogP contribution is 2.29. The Balaban J connectivity index is 1.64. The first-order chi connectivity index (χ1) is 11.4. The molecule has 0 radical (unpaired) electrons. The van der Waals surface area contributed by atoms with E-state index in [1.807, 2.05) is 6.07 Å². The average Bonchev–Trinajstić information content (AvgIpc) is 2.57. The fraction of sp³-hybridized carbons (Fsp3) is 0.316. The summed E-state index contributed by atoms with van der Waals surface area (Å²) in [6, 6.07) is 14.7. The van der Waals surface area contributed by atoms with Crippen LogP contribution in [0.4, 0.5) is 5.82 Å². The number of fused-ring (bicyclic) bond motifs is 1. The molecule has 0 atom stereocenters. The number of nitrogens with zero attached hydrogens (tertiary/aromatic N) is 4. The summed E-state index contributed by atoms with van der Waals surface area (Å²) < 4.78 is 0. The molecule has 4 nitrogen and oxygen atoms in total. The molecule has 0 spiro atoms. The molecule has 3 aromatic rings. The van der Waals surface area contributed by atoms with Crippen LogP contribution in [0.15, 0.2) is 54.9 Å². The molecular formula is C19H20N4. The Labute approximate surface area is 136 Å². The van der Waals surface area contributed by atoms with Gasteiger partial charge in [-0.1, -0.05) is 36.8 Å². The van der Waals surface area contributed by atoms with Gasteiger partial charge in [0.1, 0.15) is 11.3 Å². The SMILES string of the molecule is c1ccc(CN(CC2CCC2)c2ccc3nccnc3n2)cc1. The lowest BCUT2D eigenvalue weighted by Gasteiger charge is -2.33. The van der Waals surface area contributed by atoms with Crippen molar-refractivity contribution in [3.05, 3.63) is 60.4 Å². The molecule has 0 aliphatic heterocycles. The first-order valence-corrected chi connectivity index (χ1v) is 8.25. The van der Waals surface area contributed by atoms with Gasteiger partial charge in [0.2, 0.25) is 0 Å². The monoisotopic (exact) mass is 304 g/mol. The summed E-state index contributed by atoms with van der Waals surface area (Å²) in [5, 5.41) is 0. The molecule has 2 aromatic heterocycles. The highest BCUT2D eigenvalue weighted by Gasteiger charge is 2.22. The van der Waals surface area contributed by atoms with Crippen molar-refractivity contribution >= 4 is 17.0 Å². The van der Waals surface area contributed by atoms with Crippen LogP contribution in [0.2, 0.25) is 0 Å². The van der Waals surface area contributed by atoms with Crippen molar-refractivity contribution in [3.8, 4) is 0 Å². The first kappa shape index (κ1) is 14.1. The quantitative estimate of drug-likeness (QED) is 0.718. The van der Waals surface area contributed by atoms with Gasteiger partial charge in [-0.3, -0.25) is 4.98 Å². The van der Waals surface area contributed by atoms with E-state index in [1.54, 1.807) is 12.4 Å². The third kappa shape index (κ3) is 3.16. The van der Waals surface area contributed by atoms with Gasteiger partial charge in [0.15, 0.2) is 5.65 Å². The van der Waals surface area contributed by atoms with Crippen molar-refractivity contribution in [1.82, 2.24) is 15.0 Å². The molecule has 1 aliphatic carbocycles. The minimum atomic E-state index is 0.719. The van der Waals surface area contributed by atoms with Crippen LogP contribution in [0, 0.1) is 5.92 Å². The number of rotatable bonds is 5. The van der Waals surface area contributed by atoms with E-state index in [2.05, 4.69) is 51.3 Å². The number of hydrogen-bond donors (Lipinski definition) is 0. The third-order valence-electron chi connectivity index (χ3n) is 4.56. The molecule has 0 N–H and O–H groups in total. The summed E-state index contributed by atoms with van der Waals surface area (Å²) >= 11 is 0. The Bertz CT molecular complexity index is 783. The maximum absolute atomic E-state index is 4.74. The highest BCUT2D eigenvalue weighted by atomic mass is 15.2. The van der Waals surface area contributed by atoms with E-state index in [0.717, 1.165) is 36.0 Å². The molecule has 23 heavy (non-hydrogen) atoms. The van der Waals surface area contributed by atoms with E-state index >= 15 is 0 Å². The summed E-state index contributed by atoms with van der Waals surface area (Å²) in [5.74, 6) is 1.78. The number of aromatic nitrogens is 3. The van der Waals surface area contributed by atoms with Gasteiger partial charge in [-0.15, -0.1) is 0 Å². The van der Waals surface area contributed by atoms with E-state index < -0.39 is 0 Å². The lowest BCUT2D eigenvalue weighted by atomic mass is 9.85. The van der Waals surface area contributed by atoms with Crippen molar-refractivity contribution in [2.75, 3.05) is 11.4 Å². The molecular weight excluding hydrogens is 284 g/mol. The molecule has 1 fully saturated rings. The van der Waals surface area contributed by atoms with E-state index in [-0.39, 0.29) is 0 Å². The van der Waals surface area contributed by atoms with Crippen molar-refractivity contribution in [3.63, 3.8) is 0 Å². The second-order valence-corrected chi connectivity index (χ2v) is 6.23. The zero-order valence-corrected chi connectivity index (χ0v) is 13.1. The zero-order chi connectivity index (χ0) is 15.5.